The number of carbonyl (C=O) groups excluding carboxylic acids is 10. The van der Waals surface area contributed by atoms with E-state index in [9.17, 15) is 58.2 Å². The number of rotatable bonds is 16. The molecule has 0 aliphatic carbocycles. The number of carbonyl (C=O) groups is 12. The first-order chi connectivity index (χ1) is 51.7. The van der Waals surface area contributed by atoms with Gasteiger partial charge in [0.25, 0.3) is 0 Å². The zero-order valence-corrected chi connectivity index (χ0v) is 62.8. The minimum atomic E-state index is -1.40. The molecule has 3 aliphatic heterocycles. The fraction of sp³-hybridized carbons (Fsp3) is 0.538. The molecule has 0 saturated carbocycles. The standard InChI is InChI=1S/C78H104N16O14/c1-45(2)68(85-70(98)47(5)79-7)75(103)91-43-58-39-64(91)66(96)38-55(36-49-25-27-51-18-12-14-20-53(51)34-49)72(100)82-61(77(105)106)24-16-17-33-81-67(97)32-30-57-42-94(90-88-57)59-40-65(92(44-59)76(104)69(46(3)4)86-71(99)48(6)80-8)74(102)84-63(37-50-26-28-52-19-13-15-21-54(52)35-50)73(101)83-62(78(107)108)23-11-9-10-22-60(95)31-29-56-41-93(58)89-87-56/h12-15,18-21,25-28,34-35,41-42,45-48,55,58-59,61-65,68-69,79-80H,9-11,16-17,22-24,29-33,36-40,43-44H2,1-8H3,(H,81,97)(H,82,100)(H,83,101)(H,84,102)(H,85,98)(H,86,99)(H,105,106)(H,107,108)/t47-,48-,55+,58-,59-,61-,62-,63-,64-,65-,68-,69-/m0/s1. The van der Waals surface area contributed by atoms with Gasteiger partial charge < -0.3 is 62.5 Å². The van der Waals surface area contributed by atoms with E-state index >= 15 is 9.59 Å². The van der Waals surface area contributed by atoms with E-state index in [0.29, 0.717) is 48.2 Å². The third kappa shape index (κ3) is 21.9. The Morgan fingerprint density at radius 2 is 1.01 bits per heavy atom. The van der Waals surface area contributed by atoms with E-state index in [0.717, 1.165) is 21.5 Å². The number of ketones is 2. The van der Waals surface area contributed by atoms with Crippen molar-refractivity contribution in [1.82, 2.24) is 82.3 Å². The topological polar surface area (TPSA) is 409 Å². The number of hydrogen-bond acceptors (Lipinski definition) is 18. The number of benzene rings is 4. The quantitative estimate of drug-likeness (QED) is 0.0654. The molecule has 8 bridgehead atoms. The number of nitrogens with one attached hydrogen (secondary N) is 8. The molecule has 8 amide bonds. The molecule has 10 N–H and O–H groups in total. The maximum Gasteiger partial charge on any atom is 0.326 e. The van der Waals surface area contributed by atoms with Crippen LogP contribution < -0.4 is 42.5 Å². The van der Waals surface area contributed by atoms with Gasteiger partial charge in [0.2, 0.25) is 47.3 Å². The van der Waals surface area contributed by atoms with Gasteiger partial charge in [0, 0.05) is 82.9 Å². The van der Waals surface area contributed by atoms with Crippen LogP contribution in [0.1, 0.15) is 160 Å². The molecule has 0 radical (unpaired) electrons. The lowest BCUT2D eigenvalue weighted by Gasteiger charge is -2.32. The van der Waals surface area contributed by atoms with Crippen LogP contribution >= 0.6 is 0 Å². The van der Waals surface area contributed by atoms with Gasteiger partial charge in [-0.2, -0.15) is 0 Å². The Hall–Kier alpha value is -10.4. The summed E-state index contributed by atoms with van der Waals surface area (Å²) in [6.07, 6.45) is 4.97. The van der Waals surface area contributed by atoms with Gasteiger partial charge in [-0.1, -0.05) is 136 Å². The van der Waals surface area contributed by atoms with Crippen molar-refractivity contribution >= 4 is 92.3 Å². The van der Waals surface area contributed by atoms with E-state index in [1.54, 1.807) is 72.7 Å². The molecule has 2 aromatic heterocycles. The van der Waals surface area contributed by atoms with Crippen LogP contribution in [0.25, 0.3) is 21.5 Å². The van der Waals surface area contributed by atoms with Crippen LogP contribution in [0.4, 0.5) is 0 Å². The molecule has 0 unspecified atom stereocenters. The van der Waals surface area contributed by atoms with Crippen LogP contribution in [0.5, 0.6) is 0 Å². The van der Waals surface area contributed by atoms with Crippen LogP contribution in [0.15, 0.2) is 97.3 Å². The molecule has 3 aliphatic rings. The number of Topliss-reactive ketones (excluding diaryl/α,β-unsaturated/α-hetero) is 2. The van der Waals surface area contributed by atoms with Gasteiger partial charge in [-0.15, -0.1) is 10.2 Å². The summed E-state index contributed by atoms with van der Waals surface area (Å²) in [5.74, 6) is -9.78. The lowest BCUT2D eigenvalue weighted by molar-refractivity contribution is -0.144. The van der Waals surface area contributed by atoms with E-state index < -0.39 is 150 Å². The number of nitrogens with zero attached hydrogens (tertiary/aromatic N) is 8. The van der Waals surface area contributed by atoms with Gasteiger partial charge in [-0.3, -0.25) is 47.9 Å². The highest BCUT2D eigenvalue weighted by atomic mass is 16.4. The lowest BCUT2D eigenvalue weighted by Crippen LogP contribution is -2.59. The highest BCUT2D eigenvalue weighted by Crippen LogP contribution is 2.33. The summed E-state index contributed by atoms with van der Waals surface area (Å²) in [4.78, 5) is 172. The summed E-state index contributed by atoms with van der Waals surface area (Å²) in [6, 6.07) is 15.1. The van der Waals surface area contributed by atoms with Crippen molar-refractivity contribution in [2.75, 3.05) is 33.7 Å². The average molecular weight is 1490 g/mol. The summed E-state index contributed by atoms with van der Waals surface area (Å²) in [7, 11) is 3.22. The van der Waals surface area contributed by atoms with Gasteiger partial charge in [0.1, 0.15) is 42.0 Å². The van der Waals surface area contributed by atoms with Gasteiger partial charge in [0.05, 0.1) is 41.6 Å². The number of likely N-dealkylation sites (tertiary alicyclic amines) is 2. The molecular formula is C78H104N16O14. The second-order valence-corrected chi connectivity index (χ2v) is 29.6. The van der Waals surface area contributed by atoms with E-state index in [2.05, 4.69) is 63.2 Å². The largest absolute Gasteiger partial charge is 0.480 e. The van der Waals surface area contributed by atoms with Gasteiger partial charge in [-0.25, -0.2) is 19.0 Å². The van der Waals surface area contributed by atoms with Crippen molar-refractivity contribution < 1.29 is 67.7 Å². The minimum Gasteiger partial charge on any atom is -0.480 e. The molecule has 30 nitrogen and oxygen atoms in total. The second-order valence-electron chi connectivity index (χ2n) is 29.6. The van der Waals surface area contributed by atoms with E-state index in [1.807, 2.05) is 84.9 Å². The predicted molar refractivity (Wildman–Crippen MR) is 400 cm³/mol. The zero-order valence-electron chi connectivity index (χ0n) is 62.8. The highest BCUT2D eigenvalue weighted by Gasteiger charge is 2.47. The molecule has 108 heavy (non-hydrogen) atoms. The number of amides is 8. The molecule has 12 atom stereocenters. The Balaban J connectivity index is 0.972. The summed E-state index contributed by atoms with van der Waals surface area (Å²) < 4.78 is 3.05. The normalized spacial score (nSPS) is 23.0. The smallest absolute Gasteiger partial charge is 0.326 e. The Morgan fingerprint density at radius 1 is 0.528 bits per heavy atom. The van der Waals surface area contributed by atoms with Crippen molar-refractivity contribution in [3.8, 4) is 0 Å². The monoisotopic (exact) mass is 1490 g/mol. The maximum absolute atomic E-state index is 15.2. The van der Waals surface area contributed by atoms with Gasteiger partial charge >= 0.3 is 11.9 Å². The molecule has 2 fully saturated rings. The number of aromatic nitrogens is 6. The molecule has 4 aromatic carbocycles. The number of carboxylic acid groups (broad SMARTS) is 2. The Labute approximate surface area is 628 Å². The van der Waals surface area contributed by atoms with Crippen molar-refractivity contribution in [1.29, 1.82) is 0 Å². The third-order valence-corrected chi connectivity index (χ3v) is 21.0. The molecule has 5 heterocycles. The van der Waals surface area contributed by atoms with Crippen molar-refractivity contribution in [3.05, 3.63) is 120 Å². The minimum absolute atomic E-state index is 0.0198. The first-order valence-corrected chi connectivity index (χ1v) is 37.7. The van der Waals surface area contributed by atoms with Crippen LogP contribution in [-0.4, -0.2) is 209 Å². The number of fused-ring (bicyclic) bond motifs is 12. The van der Waals surface area contributed by atoms with Crippen LogP contribution in [-0.2, 0) is 83.2 Å². The van der Waals surface area contributed by atoms with E-state index in [1.165, 1.54) is 14.5 Å². The lowest BCUT2D eigenvalue weighted by atomic mass is 9.89. The summed E-state index contributed by atoms with van der Waals surface area (Å²) in [5.41, 5.74) is 2.21. The molecule has 6 aromatic rings. The number of likely N-dealkylation sites (N-methyl/N-ethyl adjacent to an activating group) is 2. The fourth-order valence-corrected chi connectivity index (χ4v) is 14.2. The molecular weight excluding hydrogens is 1380 g/mol. The van der Waals surface area contributed by atoms with Crippen LogP contribution in [0.2, 0.25) is 0 Å². The molecule has 30 heteroatoms. The number of carboxylic acids is 2. The SMILES string of the molecule is CN[C@@H](C)C(=O)N[C@H](C(=O)N1C[C@@H]2C[C@H]1C(=O)C[C@@H](Cc1ccc3ccccc3c1)C(=O)N[C@H](C(=O)O)CCCCNC(=O)CCc1cn(nn1)[C@H]1C[C@@H](C(=O)N[C@@H](Cc3ccc4ccccc4c3)C(=O)N[C@H](C(=O)O)CCCCCC(=O)CCc3cn2nn3)N(C(=O)[C@@H](NC(=O)[C@H](C)NC)C(C)C)C1)C(C)C. The Kier molecular flexibility index (Phi) is 29.1. The van der Waals surface area contributed by atoms with Crippen LogP contribution in [0.3, 0.4) is 0 Å². The molecule has 9 rings (SSSR count). The summed E-state index contributed by atoms with van der Waals surface area (Å²) >= 11 is 0. The molecule has 580 valence electrons. The van der Waals surface area contributed by atoms with Crippen molar-refractivity contribution in [2.24, 2.45) is 17.8 Å². The van der Waals surface area contributed by atoms with E-state index in [4.69, 9.17) is 0 Å². The van der Waals surface area contributed by atoms with Gasteiger partial charge in [-0.05, 0) is 124 Å². The maximum atomic E-state index is 15.2. The first kappa shape index (κ1) is 81.7. The third-order valence-electron chi connectivity index (χ3n) is 21.0. The Morgan fingerprint density at radius 3 is 1.53 bits per heavy atom. The molecule has 2 saturated heterocycles. The number of aliphatic carboxylic acids is 2. The summed E-state index contributed by atoms with van der Waals surface area (Å²) in [6.45, 7) is 10.4. The van der Waals surface area contributed by atoms with Crippen molar-refractivity contribution in [3.63, 3.8) is 0 Å². The first-order valence-electron chi connectivity index (χ1n) is 37.7. The Bertz CT molecular complexity index is 3950. The summed E-state index contributed by atoms with van der Waals surface area (Å²) in [5, 5.41) is 64.9. The number of hydrogen-bond donors (Lipinski definition) is 10. The zero-order chi connectivity index (χ0) is 77.9. The van der Waals surface area contributed by atoms with Crippen molar-refractivity contribution in [2.45, 2.75) is 217 Å². The highest BCUT2D eigenvalue weighted by molar-refractivity contribution is 5.98. The fourth-order valence-electron chi connectivity index (χ4n) is 14.2. The van der Waals surface area contributed by atoms with Gasteiger partial charge in [0.15, 0.2) is 5.78 Å². The average Bonchev–Trinajstić information content (AvgIpc) is 1.70. The predicted octanol–water partition coefficient (Wildman–Crippen LogP) is 4.03. The number of aryl methyl sites for hydroxylation is 2. The second kappa shape index (κ2) is 38.4. The molecule has 0 spiro atoms. The van der Waals surface area contributed by atoms with E-state index in [-0.39, 0.29) is 108 Å². The van der Waals surface area contributed by atoms with Crippen LogP contribution in [0, 0.1) is 17.8 Å².